The third-order valence-electron chi connectivity index (χ3n) is 3.80. The molecule has 3 rings (SSSR count). The van der Waals surface area contributed by atoms with Gasteiger partial charge in [0.25, 0.3) is 0 Å². The Hall–Kier alpha value is -1.13. The number of ether oxygens (including phenoxy) is 1. The lowest BCUT2D eigenvalue weighted by Gasteiger charge is -2.36. The molecule has 0 bridgehead atoms. The van der Waals surface area contributed by atoms with Gasteiger partial charge in [0.05, 0.1) is 22.5 Å². The van der Waals surface area contributed by atoms with Gasteiger partial charge in [-0.2, -0.15) is 0 Å². The lowest BCUT2D eigenvalue weighted by atomic mass is 9.88. The predicted octanol–water partition coefficient (Wildman–Crippen LogP) is 3.83. The van der Waals surface area contributed by atoms with E-state index in [0.717, 1.165) is 29.7 Å². The van der Waals surface area contributed by atoms with Gasteiger partial charge in [-0.15, -0.1) is 11.6 Å². The highest BCUT2D eigenvalue weighted by atomic mass is 35.5. The van der Waals surface area contributed by atoms with Gasteiger partial charge >= 0.3 is 0 Å². The standard InChI is InChI=1S/C14H16ClFN2O/c1-8(15)14-17-12-4-3-9(16)5-13(12)18(14)10-6-11(7-10)19-2/h3-5,8,10-11H,6-7H2,1-2H3. The van der Waals surface area contributed by atoms with Gasteiger partial charge in [-0.05, 0) is 38.0 Å². The molecule has 0 aliphatic heterocycles. The number of halogens is 2. The first-order valence-electron chi connectivity index (χ1n) is 6.44. The van der Waals surface area contributed by atoms with Crippen LogP contribution in [0, 0.1) is 5.82 Å². The summed E-state index contributed by atoms with van der Waals surface area (Å²) < 4.78 is 20.8. The molecule has 19 heavy (non-hydrogen) atoms. The van der Waals surface area contributed by atoms with Gasteiger partial charge < -0.3 is 9.30 Å². The molecule has 0 spiro atoms. The highest BCUT2D eigenvalue weighted by Crippen LogP contribution is 2.39. The van der Waals surface area contributed by atoms with Crippen molar-refractivity contribution in [2.24, 2.45) is 0 Å². The summed E-state index contributed by atoms with van der Waals surface area (Å²) in [4.78, 5) is 4.53. The molecule has 0 radical (unpaired) electrons. The fourth-order valence-corrected chi connectivity index (χ4v) is 2.84. The molecule has 2 aromatic rings. The SMILES string of the molecule is COC1CC(n2c(C(C)Cl)nc3ccc(F)cc32)C1. The van der Waals surface area contributed by atoms with Crippen molar-refractivity contribution in [2.75, 3.05) is 7.11 Å². The molecule has 1 aromatic carbocycles. The molecule has 0 saturated heterocycles. The van der Waals surface area contributed by atoms with Crippen LogP contribution in [0.2, 0.25) is 0 Å². The second kappa shape index (κ2) is 4.76. The van der Waals surface area contributed by atoms with Gasteiger partial charge in [-0.25, -0.2) is 9.37 Å². The number of hydrogen-bond acceptors (Lipinski definition) is 2. The summed E-state index contributed by atoms with van der Waals surface area (Å²) in [7, 11) is 1.72. The van der Waals surface area contributed by atoms with E-state index in [-0.39, 0.29) is 17.3 Å². The van der Waals surface area contributed by atoms with Crippen LogP contribution in [-0.2, 0) is 4.74 Å². The smallest absolute Gasteiger partial charge is 0.127 e. The summed E-state index contributed by atoms with van der Waals surface area (Å²) in [5.74, 6) is 0.562. The van der Waals surface area contributed by atoms with E-state index >= 15 is 0 Å². The van der Waals surface area contributed by atoms with Crippen molar-refractivity contribution in [3.8, 4) is 0 Å². The first-order chi connectivity index (χ1) is 9.10. The summed E-state index contributed by atoms with van der Waals surface area (Å²) >= 11 is 6.21. The Morgan fingerprint density at radius 3 is 2.84 bits per heavy atom. The molecule has 1 saturated carbocycles. The maximum Gasteiger partial charge on any atom is 0.127 e. The normalized spacial score (nSPS) is 24.4. The zero-order chi connectivity index (χ0) is 13.6. The van der Waals surface area contributed by atoms with E-state index in [0.29, 0.717) is 6.04 Å². The lowest BCUT2D eigenvalue weighted by molar-refractivity contribution is 0.00657. The Bertz CT molecular complexity index is 605. The third kappa shape index (κ3) is 2.13. The Morgan fingerprint density at radius 2 is 2.21 bits per heavy atom. The fourth-order valence-electron chi connectivity index (χ4n) is 2.69. The average molecular weight is 283 g/mol. The molecule has 0 amide bonds. The lowest BCUT2D eigenvalue weighted by Crippen LogP contribution is -2.33. The van der Waals surface area contributed by atoms with E-state index in [9.17, 15) is 4.39 Å². The van der Waals surface area contributed by atoms with Crippen LogP contribution in [0.15, 0.2) is 18.2 Å². The van der Waals surface area contributed by atoms with Crippen LogP contribution in [0.1, 0.15) is 37.0 Å². The van der Waals surface area contributed by atoms with E-state index < -0.39 is 0 Å². The molecule has 1 heterocycles. The number of hydrogen-bond donors (Lipinski definition) is 0. The van der Waals surface area contributed by atoms with Crippen LogP contribution in [0.3, 0.4) is 0 Å². The Kier molecular flexibility index (Phi) is 3.23. The topological polar surface area (TPSA) is 27.1 Å². The molecule has 1 atom stereocenters. The van der Waals surface area contributed by atoms with Gasteiger partial charge in [0.1, 0.15) is 11.6 Å². The molecule has 1 aliphatic carbocycles. The largest absolute Gasteiger partial charge is 0.381 e. The van der Waals surface area contributed by atoms with E-state index in [1.807, 2.05) is 6.92 Å². The molecule has 102 valence electrons. The number of benzene rings is 1. The summed E-state index contributed by atoms with van der Waals surface area (Å²) in [6.07, 6.45) is 2.14. The van der Waals surface area contributed by atoms with E-state index in [4.69, 9.17) is 16.3 Å². The van der Waals surface area contributed by atoms with E-state index in [1.54, 1.807) is 13.2 Å². The van der Waals surface area contributed by atoms with Gasteiger partial charge in [-0.1, -0.05) is 0 Å². The molecular formula is C14H16ClFN2O. The van der Waals surface area contributed by atoms with Crippen LogP contribution < -0.4 is 0 Å². The van der Waals surface area contributed by atoms with Crippen molar-refractivity contribution in [1.82, 2.24) is 9.55 Å². The van der Waals surface area contributed by atoms with Crippen LogP contribution in [-0.4, -0.2) is 22.8 Å². The van der Waals surface area contributed by atoms with Crippen LogP contribution in [0.5, 0.6) is 0 Å². The minimum Gasteiger partial charge on any atom is -0.381 e. The Labute approximate surface area is 116 Å². The first-order valence-corrected chi connectivity index (χ1v) is 6.88. The van der Waals surface area contributed by atoms with Crippen molar-refractivity contribution in [2.45, 2.75) is 37.3 Å². The quantitative estimate of drug-likeness (QED) is 0.800. The highest BCUT2D eigenvalue weighted by Gasteiger charge is 2.33. The molecule has 1 aliphatic rings. The second-order valence-electron chi connectivity index (χ2n) is 5.07. The molecule has 1 aromatic heterocycles. The molecule has 1 fully saturated rings. The van der Waals surface area contributed by atoms with E-state index in [1.165, 1.54) is 12.1 Å². The third-order valence-corrected chi connectivity index (χ3v) is 4.00. The number of nitrogens with zero attached hydrogens (tertiary/aromatic N) is 2. The zero-order valence-corrected chi connectivity index (χ0v) is 11.7. The van der Waals surface area contributed by atoms with Gasteiger partial charge in [0, 0.05) is 13.2 Å². The van der Waals surface area contributed by atoms with Crippen molar-refractivity contribution >= 4 is 22.6 Å². The van der Waals surface area contributed by atoms with E-state index in [2.05, 4.69) is 9.55 Å². The Balaban J connectivity index is 2.09. The zero-order valence-electron chi connectivity index (χ0n) is 10.9. The maximum atomic E-state index is 13.5. The monoisotopic (exact) mass is 282 g/mol. The average Bonchev–Trinajstić information content (AvgIpc) is 2.67. The fraction of sp³-hybridized carbons (Fsp3) is 0.500. The summed E-state index contributed by atoms with van der Waals surface area (Å²) in [5.41, 5.74) is 1.62. The minimum absolute atomic E-state index is 0.197. The highest BCUT2D eigenvalue weighted by molar-refractivity contribution is 6.20. The van der Waals surface area contributed by atoms with Crippen molar-refractivity contribution in [3.05, 3.63) is 29.8 Å². The number of methoxy groups -OCH3 is 1. The number of aromatic nitrogens is 2. The number of imidazole rings is 1. The van der Waals surface area contributed by atoms with Crippen LogP contribution >= 0.6 is 11.6 Å². The summed E-state index contributed by atoms with van der Waals surface area (Å²) in [6, 6.07) is 4.97. The molecule has 3 nitrogen and oxygen atoms in total. The minimum atomic E-state index is -0.245. The number of rotatable bonds is 3. The first kappa shape index (κ1) is 12.9. The van der Waals surface area contributed by atoms with Gasteiger partial charge in [-0.3, -0.25) is 0 Å². The summed E-state index contributed by atoms with van der Waals surface area (Å²) in [6.45, 7) is 1.89. The molecule has 5 heteroatoms. The summed E-state index contributed by atoms with van der Waals surface area (Å²) in [5, 5.41) is -0.197. The van der Waals surface area contributed by atoms with Gasteiger partial charge in [0.15, 0.2) is 0 Å². The van der Waals surface area contributed by atoms with Crippen molar-refractivity contribution < 1.29 is 9.13 Å². The van der Waals surface area contributed by atoms with Crippen molar-refractivity contribution in [1.29, 1.82) is 0 Å². The van der Waals surface area contributed by atoms with Crippen LogP contribution in [0.4, 0.5) is 4.39 Å². The second-order valence-corrected chi connectivity index (χ2v) is 5.73. The number of alkyl halides is 1. The molecule has 1 unspecified atom stereocenters. The van der Waals surface area contributed by atoms with Gasteiger partial charge in [0.2, 0.25) is 0 Å². The Morgan fingerprint density at radius 1 is 1.47 bits per heavy atom. The van der Waals surface area contributed by atoms with Crippen molar-refractivity contribution in [3.63, 3.8) is 0 Å². The number of fused-ring (bicyclic) bond motifs is 1. The molecule has 0 N–H and O–H groups in total. The maximum absolute atomic E-state index is 13.5. The van der Waals surface area contributed by atoms with Crippen LogP contribution in [0.25, 0.3) is 11.0 Å². The predicted molar refractivity (Wildman–Crippen MR) is 73.0 cm³/mol. The molecular weight excluding hydrogens is 267 g/mol.